The first-order valence-corrected chi connectivity index (χ1v) is 6.84. The maximum Gasteiger partial charge on any atom is 0.324 e. The van der Waals surface area contributed by atoms with E-state index in [4.69, 9.17) is 9.47 Å². The van der Waals surface area contributed by atoms with Crippen molar-refractivity contribution >= 4 is 5.97 Å². The van der Waals surface area contributed by atoms with E-state index >= 15 is 0 Å². The highest BCUT2D eigenvalue weighted by Crippen LogP contribution is 2.11. The third kappa shape index (κ3) is 4.92. The molecule has 1 aliphatic heterocycles. The molecule has 1 fully saturated rings. The van der Waals surface area contributed by atoms with Crippen LogP contribution < -0.4 is 5.32 Å². The van der Waals surface area contributed by atoms with E-state index in [1.165, 1.54) is 0 Å². The van der Waals surface area contributed by atoms with E-state index in [-0.39, 0.29) is 24.2 Å². The van der Waals surface area contributed by atoms with Crippen molar-refractivity contribution in [3.8, 4) is 0 Å². The third-order valence-corrected chi connectivity index (χ3v) is 2.96. The molecule has 0 aromatic rings. The average Bonchev–Trinajstić information content (AvgIpc) is 2.27. The van der Waals surface area contributed by atoms with Gasteiger partial charge in [0, 0.05) is 19.6 Å². The zero-order valence-electron chi connectivity index (χ0n) is 11.9. The molecule has 0 saturated carbocycles. The monoisotopic (exact) mass is 258 g/mol. The molecule has 0 radical (unpaired) electrons. The predicted molar refractivity (Wildman–Crippen MR) is 70.5 cm³/mol. The maximum absolute atomic E-state index is 11.8. The second kappa shape index (κ2) is 7.71. The highest BCUT2D eigenvalue weighted by atomic mass is 16.5. The van der Waals surface area contributed by atoms with Gasteiger partial charge in [-0.3, -0.25) is 9.69 Å². The van der Waals surface area contributed by atoms with Crippen molar-refractivity contribution in [1.29, 1.82) is 0 Å². The van der Waals surface area contributed by atoms with Gasteiger partial charge in [0.25, 0.3) is 0 Å². The van der Waals surface area contributed by atoms with Crippen molar-refractivity contribution in [1.82, 2.24) is 10.2 Å². The summed E-state index contributed by atoms with van der Waals surface area (Å²) in [5, 5.41) is 3.19. The average molecular weight is 258 g/mol. The second-order valence-corrected chi connectivity index (χ2v) is 4.84. The van der Waals surface area contributed by atoms with Gasteiger partial charge in [-0.25, -0.2) is 0 Å². The van der Waals surface area contributed by atoms with Gasteiger partial charge in [-0.2, -0.15) is 0 Å². The maximum atomic E-state index is 11.8. The fraction of sp³-hybridized carbons (Fsp3) is 0.923. The summed E-state index contributed by atoms with van der Waals surface area (Å²) in [7, 11) is 0. The van der Waals surface area contributed by atoms with Crippen LogP contribution in [-0.2, 0) is 14.3 Å². The number of carbonyl (C=O) groups excluding carboxylic acids is 1. The van der Waals surface area contributed by atoms with Gasteiger partial charge in [0.2, 0.25) is 0 Å². The van der Waals surface area contributed by atoms with Crippen molar-refractivity contribution < 1.29 is 14.3 Å². The van der Waals surface area contributed by atoms with Crippen LogP contribution in [0.5, 0.6) is 0 Å². The Kier molecular flexibility index (Phi) is 6.60. The molecule has 0 aliphatic carbocycles. The van der Waals surface area contributed by atoms with Crippen LogP contribution in [0.2, 0.25) is 0 Å². The third-order valence-electron chi connectivity index (χ3n) is 2.96. The topological polar surface area (TPSA) is 50.8 Å². The Balaban J connectivity index is 2.51. The van der Waals surface area contributed by atoms with Crippen molar-refractivity contribution in [2.45, 2.75) is 45.9 Å². The standard InChI is InChI=1S/C13H26N2O3/c1-5-14-12(13(16)17-6-2)9-15-7-10(3)18-11(4)8-15/h10-12,14H,5-9H2,1-4H3. The summed E-state index contributed by atoms with van der Waals surface area (Å²) in [5.74, 6) is -0.161. The predicted octanol–water partition coefficient (Wildman–Crippen LogP) is 0.637. The van der Waals surface area contributed by atoms with Crippen LogP contribution in [0.4, 0.5) is 0 Å². The van der Waals surface area contributed by atoms with Crippen LogP contribution in [0.3, 0.4) is 0 Å². The largest absolute Gasteiger partial charge is 0.465 e. The zero-order chi connectivity index (χ0) is 13.5. The van der Waals surface area contributed by atoms with E-state index in [1.54, 1.807) is 0 Å². The molecule has 3 unspecified atom stereocenters. The number of likely N-dealkylation sites (N-methyl/N-ethyl adjacent to an activating group) is 1. The molecule has 0 spiro atoms. The molecule has 18 heavy (non-hydrogen) atoms. The van der Waals surface area contributed by atoms with Gasteiger partial charge in [-0.05, 0) is 27.3 Å². The van der Waals surface area contributed by atoms with Gasteiger partial charge >= 0.3 is 5.97 Å². The SMILES string of the molecule is CCNC(CN1CC(C)OC(C)C1)C(=O)OCC. The highest BCUT2D eigenvalue weighted by Gasteiger charge is 2.27. The summed E-state index contributed by atoms with van der Waals surface area (Å²) in [5.41, 5.74) is 0. The highest BCUT2D eigenvalue weighted by molar-refractivity contribution is 5.76. The summed E-state index contributed by atoms with van der Waals surface area (Å²) >= 11 is 0. The first-order valence-electron chi connectivity index (χ1n) is 6.84. The van der Waals surface area contributed by atoms with Gasteiger partial charge in [-0.1, -0.05) is 6.92 Å². The van der Waals surface area contributed by atoms with Crippen molar-refractivity contribution in [2.75, 3.05) is 32.8 Å². The lowest BCUT2D eigenvalue weighted by Crippen LogP contribution is -2.53. The molecule has 1 N–H and O–H groups in total. The summed E-state index contributed by atoms with van der Waals surface area (Å²) in [6.45, 7) is 11.6. The van der Waals surface area contributed by atoms with Crippen LogP contribution in [0.25, 0.3) is 0 Å². The number of carbonyl (C=O) groups is 1. The smallest absolute Gasteiger partial charge is 0.324 e. The van der Waals surface area contributed by atoms with E-state index in [9.17, 15) is 4.79 Å². The first kappa shape index (κ1) is 15.4. The number of rotatable bonds is 6. The molecule has 1 heterocycles. The van der Waals surface area contributed by atoms with Crippen LogP contribution in [0, 0.1) is 0 Å². The van der Waals surface area contributed by atoms with Crippen molar-refractivity contribution in [3.05, 3.63) is 0 Å². The molecule has 0 aromatic heterocycles. The van der Waals surface area contributed by atoms with Crippen LogP contribution >= 0.6 is 0 Å². The van der Waals surface area contributed by atoms with Crippen molar-refractivity contribution in [3.63, 3.8) is 0 Å². The number of nitrogens with one attached hydrogen (secondary N) is 1. The van der Waals surface area contributed by atoms with E-state index in [0.29, 0.717) is 13.2 Å². The Morgan fingerprint density at radius 1 is 1.39 bits per heavy atom. The number of hydrogen-bond donors (Lipinski definition) is 1. The van der Waals surface area contributed by atoms with E-state index in [0.717, 1.165) is 19.6 Å². The molecule has 3 atom stereocenters. The summed E-state index contributed by atoms with van der Waals surface area (Å²) in [4.78, 5) is 14.1. The zero-order valence-corrected chi connectivity index (χ0v) is 11.9. The fourth-order valence-electron chi connectivity index (χ4n) is 2.40. The summed E-state index contributed by atoms with van der Waals surface area (Å²) in [6.07, 6.45) is 0.441. The van der Waals surface area contributed by atoms with Gasteiger partial charge in [0.05, 0.1) is 18.8 Å². The Morgan fingerprint density at radius 3 is 2.50 bits per heavy atom. The van der Waals surface area contributed by atoms with Gasteiger partial charge in [-0.15, -0.1) is 0 Å². The van der Waals surface area contributed by atoms with E-state index in [1.807, 2.05) is 13.8 Å². The Bertz CT molecular complexity index is 251. The summed E-state index contributed by atoms with van der Waals surface area (Å²) < 4.78 is 10.8. The molecule has 1 aliphatic rings. The quantitative estimate of drug-likeness (QED) is 0.708. The van der Waals surface area contributed by atoms with E-state index in [2.05, 4.69) is 24.1 Å². The summed E-state index contributed by atoms with van der Waals surface area (Å²) in [6, 6.07) is -0.243. The lowest BCUT2D eigenvalue weighted by Gasteiger charge is -2.36. The number of hydrogen-bond acceptors (Lipinski definition) is 5. The number of esters is 1. The van der Waals surface area contributed by atoms with Crippen molar-refractivity contribution in [2.24, 2.45) is 0 Å². The lowest BCUT2D eigenvalue weighted by molar-refractivity contribution is -0.147. The minimum absolute atomic E-state index is 0.161. The molecule has 1 saturated heterocycles. The van der Waals surface area contributed by atoms with E-state index < -0.39 is 0 Å². The molecular weight excluding hydrogens is 232 g/mol. The van der Waals surface area contributed by atoms with Crippen LogP contribution in [-0.4, -0.2) is 61.9 Å². The molecule has 1 rings (SSSR count). The second-order valence-electron chi connectivity index (χ2n) is 4.84. The molecule has 0 aromatic carbocycles. The minimum atomic E-state index is -0.243. The molecule has 5 nitrogen and oxygen atoms in total. The molecule has 0 bridgehead atoms. The Morgan fingerprint density at radius 2 is 2.00 bits per heavy atom. The fourth-order valence-corrected chi connectivity index (χ4v) is 2.40. The van der Waals surface area contributed by atoms with Crippen LogP contribution in [0.15, 0.2) is 0 Å². The lowest BCUT2D eigenvalue weighted by atomic mass is 10.2. The number of nitrogens with zero attached hydrogens (tertiary/aromatic N) is 1. The molecule has 5 heteroatoms. The molecule has 106 valence electrons. The minimum Gasteiger partial charge on any atom is -0.465 e. The van der Waals surface area contributed by atoms with Gasteiger partial charge < -0.3 is 14.8 Å². The number of ether oxygens (including phenoxy) is 2. The first-order chi connectivity index (χ1) is 8.56. The normalized spacial score (nSPS) is 26.9. The Labute approximate surface area is 110 Å². The Hall–Kier alpha value is -0.650. The number of morpholine rings is 1. The molecular formula is C13H26N2O3. The van der Waals surface area contributed by atoms with Crippen LogP contribution in [0.1, 0.15) is 27.7 Å². The van der Waals surface area contributed by atoms with Gasteiger partial charge in [0.1, 0.15) is 6.04 Å². The molecule has 0 amide bonds. The van der Waals surface area contributed by atoms with Gasteiger partial charge in [0.15, 0.2) is 0 Å².